The highest BCUT2D eigenvalue weighted by Crippen LogP contribution is 2.35. The van der Waals surface area contributed by atoms with Crippen LogP contribution in [0.25, 0.3) is 16.8 Å². The average molecular weight is 762 g/mol. The predicted octanol–water partition coefficient (Wildman–Crippen LogP) is 4.60. The van der Waals surface area contributed by atoms with Crippen LogP contribution in [0.5, 0.6) is 0 Å². The van der Waals surface area contributed by atoms with Crippen molar-refractivity contribution < 1.29 is 32.3 Å². The number of nitrogens with zero attached hydrogens (tertiary/aromatic N) is 1. The van der Waals surface area contributed by atoms with Crippen LogP contribution in [-0.2, 0) is 29.1 Å². The number of H-pyrrole nitrogens is 1. The lowest BCUT2D eigenvalue weighted by Gasteiger charge is -2.42. The molecule has 54 heavy (non-hydrogen) atoms. The van der Waals surface area contributed by atoms with Crippen molar-refractivity contribution in [1.82, 2.24) is 25.2 Å². The lowest BCUT2D eigenvalue weighted by atomic mass is 9.73. The third kappa shape index (κ3) is 8.97. The van der Waals surface area contributed by atoms with Crippen LogP contribution in [0.4, 0.5) is 4.79 Å². The summed E-state index contributed by atoms with van der Waals surface area (Å²) >= 11 is 0. The van der Waals surface area contributed by atoms with Crippen LogP contribution in [0, 0.1) is 11.8 Å². The summed E-state index contributed by atoms with van der Waals surface area (Å²) in [5.41, 5.74) is -0.806. The maximum absolute atomic E-state index is 14.2. The molecular weight excluding hydrogens is 711 g/mol. The number of sulfonamides is 1. The molecule has 1 aromatic heterocycles. The molecule has 2 aromatic rings. The van der Waals surface area contributed by atoms with Gasteiger partial charge in [-0.25, -0.2) is 13.2 Å². The molecule has 4 N–H and O–H groups in total. The summed E-state index contributed by atoms with van der Waals surface area (Å²) in [4.78, 5) is 70.7. The van der Waals surface area contributed by atoms with Gasteiger partial charge in [-0.2, -0.15) is 0 Å². The summed E-state index contributed by atoms with van der Waals surface area (Å²) in [6.07, 6.45) is 19.1. The SMILES string of the molecule is C=C[C@@H]1C=C[C@]1(NC(=O)[C@@H]1CCCN1C(=O)[C@@H](NC(=O)OCCCCC/C=C/c1ccc2cc[nH]c(=O)c2c1)C1CCCCC1)C(=O)NS(=O)(=O)C1CC1. The van der Waals surface area contributed by atoms with Gasteiger partial charge < -0.3 is 25.3 Å². The van der Waals surface area contributed by atoms with Gasteiger partial charge in [-0.1, -0.05) is 61.8 Å². The standard InChI is InChI=1S/C40H51N5O8S/c1-2-30-20-22-40(30,38(49)44-54(51,52)31-18-19-31)43-36(47)33-15-11-24-45(33)37(48)34(29-13-8-6-9-14-29)42-39(50)53-25-10-5-3-4-7-12-27-16-17-28-21-23-41-35(46)32(28)26-27/h2,7,12,16-17,20-23,26,29-31,33-34H,1,3-6,8-11,13-15,18-19,24-25H2,(H,41,46)(H,42,50)(H,43,47)(H,44,49)/b12-7+/t30-,33+,34+,40-/m1/s1. The van der Waals surface area contributed by atoms with Gasteiger partial charge in [-0.15, -0.1) is 6.58 Å². The van der Waals surface area contributed by atoms with E-state index in [1.807, 2.05) is 30.3 Å². The molecule has 290 valence electrons. The molecule has 4 atom stereocenters. The van der Waals surface area contributed by atoms with Gasteiger partial charge in [0.1, 0.15) is 17.6 Å². The molecule has 0 bridgehead atoms. The van der Waals surface area contributed by atoms with Crippen LogP contribution in [0.1, 0.15) is 89.0 Å². The number of rotatable bonds is 16. The number of alkyl carbamates (subject to hydrolysis) is 1. The zero-order valence-corrected chi connectivity index (χ0v) is 31.4. The highest BCUT2D eigenvalue weighted by Gasteiger charge is 2.52. The summed E-state index contributed by atoms with van der Waals surface area (Å²) in [5.74, 6) is -2.53. The minimum absolute atomic E-state index is 0.111. The second kappa shape index (κ2) is 17.2. The topological polar surface area (TPSA) is 184 Å². The first kappa shape index (κ1) is 39.0. The maximum atomic E-state index is 14.2. The number of unbranched alkanes of at least 4 members (excludes halogenated alkanes) is 3. The number of pyridine rings is 1. The monoisotopic (exact) mass is 761 g/mol. The van der Waals surface area contributed by atoms with Crippen LogP contribution < -0.4 is 20.9 Å². The number of carbonyl (C=O) groups excluding carboxylic acids is 4. The molecule has 4 amide bonds. The normalized spacial score (nSPS) is 23.4. The number of hydrogen-bond acceptors (Lipinski definition) is 8. The Morgan fingerprint density at radius 3 is 2.54 bits per heavy atom. The third-order valence-corrected chi connectivity index (χ3v) is 12.9. The first-order chi connectivity index (χ1) is 26.0. The van der Waals surface area contributed by atoms with Gasteiger partial charge in [0.2, 0.25) is 21.8 Å². The number of aromatic amines is 1. The van der Waals surface area contributed by atoms with Crippen molar-refractivity contribution in [3.8, 4) is 0 Å². The van der Waals surface area contributed by atoms with Gasteiger partial charge in [-0.3, -0.25) is 23.9 Å². The summed E-state index contributed by atoms with van der Waals surface area (Å²) in [6.45, 7) is 4.26. The van der Waals surface area contributed by atoms with Gasteiger partial charge in [0, 0.05) is 24.0 Å². The van der Waals surface area contributed by atoms with Crippen molar-refractivity contribution in [3.63, 3.8) is 0 Å². The lowest BCUT2D eigenvalue weighted by molar-refractivity contribution is -0.143. The highest BCUT2D eigenvalue weighted by atomic mass is 32.2. The molecule has 6 rings (SSSR count). The smallest absolute Gasteiger partial charge is 0.407 e. The van der Waals surface area contributed by atoms with Gasteiger partial charge in [0.15, 0.2) is 0 Å². The van der Waals surface area contributed by atoms with Crippen LogP contribution in [0.2, 0.25) is 0 Å². The quantitative estimate of drug-likeness (QED) is 0.141. The van der Waals surface area contributed by atoms with Gasteiger partial charge in [0.25, 0.3) is 11.5 Å². The van der Waals surface area contributed by atoms with E-state index in [4.69, 9.17) is 4.74 Å². The fourth-order valence-electron chi connectivity index (χ4n) is 7.76. The highest BCUT2D eigenvalue weighted by molar-refractivity contribution is 7.91. The summed E-state index contributed by atoms with van der Waals surface area (Å²) < 4.78 is 32.9. The molecule has 0 unspecified atom stereocenters. The third-order valence-electron chi connectivity index (χ3n) is 11.1. The Balaban J connectivity index is 1.01. The fraction of sp³-hybridized carbons (Fsp3) is 0.525. The minimum Gasteiger partial charge on any atom is -0.450 e. The van der Waals surface area contributed by atoms with Gasteiger partial charge in [0.05, 0.1) is 11.9 Å². The van der Waals surface area contributed by atoms with E-state index in [0.29, 0.717) is 44.0 Å². The number of amides is 4. The Labute approximate surface area is 316 Å². The van der Waals surface area contributed by atoms with Crippen molar-refractivity contribution in [2.45, 2.75) is 106 Å². The molecule has 1 saturated heterocycles. The van der Waals surface area contributed by atoms with Crippen molar-refractivity contribution in [3.05, 3.63) is 77.3 Å². The first-order valence-corrected chi connectivity index (χ1v) is 20.8. The number of aromatic nitrogens is 1. The fourth-order valence-corrected chi connectivity index (χ4v) is 9.12. The van der Waals surface area contributed by atoms with Crippen LogP contribution in [0.15, 0.2) is 66.1 Å². The molecule has 14 heteroatoms. The lowest BCUT2D eigenvalue weighted by Crippen LogP contribution is -2.67. The molecule has 0 radical (unpaired) electrons. The van der Waals surface area contributed by atoms with Crippen molar-refractivity contribution in [2.75, 3.05) is 13.2 Å². The Morgan fingerprint density at radius 2 is 1.81 bits per heavy atom. The molecular formula is C40H51N5O8S. The molecule has 4 aliphatic rings. The second-order valence-electron chi connectivity index (χ2n) is 14.9. The summed E-state index contributed by atoms with van der Waals surface area (Å²) in [7, 11) is -3.87. The number of benzene rings is 1. The van der Waals surface area contributed by atoms with Gasteiger partial charge >= 0.3 is 6.09 Å². The van der Waals surface area contributed by atoms with Crippen LogP contribution in [0.3, 0.4) is 0 Å². The Bertz CT molecular complexity index is 1960. The number of allylic oxidation sites excluding steroid dienone is 1. The van der Waals surface area contributed by atoms with Crippen molar-refractivity contribution in [1.29, 1.82) is 0 Å². The molecule has 2 heterocycles. The second-order valence-corrected chi connectivity index (χ2v) is 16.9. The van der Waals surface area contributed by atoms with E-state index in [9.17, 15) is 32.4 Å². The molecule has 1 aromatic carbocycles. The molecule has 13 nitrogen and oxygen atoms in total. The van der Waals surface area contributed by atoms with E-state index in [0.717, 1.165) is 62.3 Å². The number of hydrogen-bond donors (Lipinski definition) is 4. The van der Waals surface area contributed by atoms with E-state index in [-0.39, 0.29) is 24.0 Å². The van der Waals surface area contributed by atoms with E-state index in [1.165, 1.54) is 17.1 Å². The molecule has 0 spiro atoms. The zero-order valence-electron chi connectivity index (χ0n) is 30.6. The van der Waals surface area contributed by atoms with Crippen LogP contribution in [-0.4, -0.2) is 78.1 Å². The van der Waals surface area contributed by atoms with E-state index in [1.54, 1.807) is 12.3 Å². The number of carbonyl (C=O) groups is 4. The molecule has 2 saturated carbocycles. The Hall–Kier alpha value is -4.72. The Morgan fingerprint density at radius 1 is 1.02 bits per heavy atom. The van der Waals surface area contributed by atoms with E-state index >= 15 is 0 Å². The number of nitrogens with one attached hydrogen (secondary N) is 4. The number of likely N-dealkylation sites (tertiary alicyclic amines) is 1. The van der Waals surface area contributed by atoms with E-state index < -0.39 is 56.7 Å². The summed E-state index contributed by atoms with van der Waals surface area (Å²) in [5, 5.41) is 6.53. The van der Waals surface area contributed by atoms with Crippen molar-refractivity contribution in [2.24, 2.45) is 11.8 Å². The molecule has 1 aliphatic heterocycles. The molecule has 3 fully saturated rings. The largest absolute Gasteiger partial charge is 0.450 e. The molecule has 3 aliphatic carbocycles. The first-order valence-electron chi connectivity index (χ1n) is 19.2. The average Bonchev–Trinajstić information content (AvgIpc) is 3.91. The maximum Gasteiger partial charge on any atom is 0.407 e. The minimum atomic E-state index is -3.87. The number of ether oxygens (including phenoxy) is 1. The summed E-state index contributed by atoms with van der Waals surface area (Å²) in [6, 6.07) is 5.87. The Kier molecular flexibility index (Phi) is 12.4. The van der Waals surface area contributed by atoms with Crippen molar-refractivity contribution >= 4 is 50.7 Å². The van der Waals surface area contributed by atoms with Crippen LogP contribution >= 0.6 is 0 Å². The predicted molar refractivity (Wildman–Crippen MR) is 205 cm³/mol. The zero-order chi connectivity index (χ0) is 38.3. The van der Waals surface area contributed by atoms with Gasteiger partial charge in [-0.05, 0) is 93.2 Å². The number of fused-ring (bicyclic) bond motifs is 1. The van der Waals surface area contributed by atoms with E-state index in [2.05, 4.69) is 33.0 Å².